The first-order valence-corrected chi connectivity index (χ1v) is 16.7. The van der Waals surface area contributed by atoms with Crippen LogP contribution in [0.15, 0.2) is 107 Å². The summed E-state index contributed by atoms with van der Waals surface area (Å²) in [6, 6.07) is 24.9. The molecule has 245 valence electrons. The Morgan fingerprint density at radius 3 is 1.50 bits per heavy atom. The summed E-state index contributed by atoms with van der Waals surface area (Å²) in [5, 5.41) is 8.90. The van der Waals surface area contributed by atoms with Crippen LogP contribution in [0, 0.1) is 0 Å². The van der Waals surface area contributed by atoms with E-state index in [9.17, 15) is 9.59 Å². The molecule has 52 heavy (non-hydrogen) atoms. The van der Waals surface area contributed by atoms with Crippen molar-refractivity contribution in [1.29, 1.82) is 0 Å². The second-order valence-corrected chi connectivity index (χ2v) is 13.1. The van der Waals surface area contributed by atoms with E-state index < -0.39 is 19.2 Å². The Balaban J connectivity index is 0.000000228. The fourth-order valence-corrected chi connectivity index (χ4v) is 4.72. The summed E-state index contributed by atoms with van der Waals surface area (Å²) in [7, 11) is 33.1. The third-order valence-corrected chi connectivity index (χ3v) is 8.58. The van der Waals surface area contributed by atoms with Gasteiger partial charge >= 0.3 is 14.6 Å². The van der Waals surface area contributed by atoms with Gasteiger partial charge in [0.2, 0.25) is 0 Å². The van der Waals surface area contributed by atoms with Crippen LogP contribution in [0.4, 0.5) is 0 Å². The standard InChI is InChI=1S/C18H22BNO4.C12H12BNO3.B11/c1-17(2)18(3,4)24-19(23-17)15-10-8-14(9-11-15)13-22-20-12-6-5-7-16(20)21;15-12-3-1-2-8-14(12)17-9-10-4-6-11(13-16)7-5-10;1-7-10(6)11(8(2)3)9(4)5/h5-12H,13H2,1-4H3;1-8,13,16H,9H2;. The molecule has 2 aromatic heterocycles. The minimum Gasteiger partial charge on any atom is -0.449 e. The van der Waals surface area contributed by atoms with Gasteiger partial charge < -0.3 is 24.0 Å². The first kappa shape index (κ1) is 43.1. The maximum atomic E-state index is 11.6. The minimum atomic E-state index is -0.648. The lowest BCUT2D eigenvalue weighted by Crippen LogP contribution is -2.63. The van der Waals surface area contributed by atoms with Gasteiger partial charge in [0, 0.05) is 104 Å². The molecule has 1 saturated heterocycles. The monoisotopic (exact) mass is 677 g/mol. The van der Waals surface area contributed by atoms with Crippen molar-refractivity contribution in [3.05, 3.63) is 129 Å². The Morgan fingerprint density at radius 1 is 0.731 bits per heavy atom. The second-order valence-electron chi connectivity index (χ2n) is 13.1. The quantitative estimate of drug-likeness (QED) is 0.160. The van der Waals surface area contributed by atoms with Crippen LogP contribution in [0.1, 0.15) is 38.8 Å². The van der Waals surface area contributed by atoms with Gasteiger partial charge in [-0.05, 0) is 56.4 Å². The van der Waals surface area contributed by atoms with Gasteiger partial charge in [0.05, 0.1) is 11.2 Å². The largest absolute Gasteiger partial charge is 0.494 e. The normalized spacial score (nSPS) is 13.6. The van der Waals surface area contributed by atoms with Gasteiger partial charge in [-0.25, -0.2) is 0 Å². The van der Waals surface area contributed by atoms with Crippen LogP contribution in [0.25, 0.3) is 0 Å². The summed E-state index contributed by atoms with van der Waals surface area (Å²) in [6.07, 6.45) is 1.02. The van der Waals surface area contributed by atoms with Gasteiger partial charge in [-0.3, -0.25) is 9.59 Å². The molecular weight excluding hydrogens is 641 g/mol. The maximum absolute atomic E-state index is 11.6. The highest BCUT2D eigenvalue weighted by molar-refractivity contribution is 8.01. The summed E-state index contributed by atoms with van der Waals surface area (Å²) in [5.74, 6) is 0. The molecule has 0 bridgehead atoms. The van der Waals surface area contributed by atoms with Crippen LogP contribution >= 0.6 is 0 Å². The van der Waals surface area contributed by atoms with Crippen LogP contribution in [0.5, 0.6) is 0 Å². The van der Waals surface area contributed by atoms with Crippen LogP contribution in [0.3, 0.4) is 0 Å². The molecule has 1 aliphatic rings. The summed E-state index contributed by atoms with van der Waals surface area (Å²) in [6.45, 7) is 8.77. The van der Waals surface area contributed by atoms with E-state index in [4.69, 9.17) is 70.4 Å². The summed E-state index contributed by atoms with van der Waals surface area (Å²) in [5.41, 5.74) is 2.64. The first-order valence-electron chi connectivity index (χ1n) is 16.7. The molecule has 0 saturated carbocycles. The highest BCUT2D eigenvalue weighted by Crippen LogP contribution is 2.36. The number of nitrogens with zero attached hydrogens (tertiary/aromatic N) is 2. The van der Waals surface area contributed by atoms with E-state index in [1.807, 2.05) is 76.2 Å². The maximum Gasteiger partial charge on any atom is 0.494 e. The molecule has 2 aromatic carbocycles. The minimum absolute atomic E-state index is 0.0271. The third-order valence-electron chi connectivity index (χ3n) is 8.58. The molecule has 0 aliphatic carbocycles. The number of hydrogen-bond donors (Lipinski definition) is 1. The molecule has 0 spiro atoms. The van der Waals surface area contributed by atoms with Crippen molar-refractivity contribution >= 4 is 105 Å². The SMILES string of the molecule is CC1(C)OB(c2ccc(COn3ccccc3=O)cc2)OC1(C)C.O=c1ccccn1OCc1ccc(BO)cc1.[B][B]B([B])B(B([B])[B])B([B])[B]. The smallest absolute Gasteiger partial charge is 0.449 e. The predicted octanol–water partition coefficient (Wildman–Crippen LogP) is -2.97. The Labute approximate surface area is 318 Å². The van der Waals surface area contributed by atoms with E-state index in [-0.39, 0.29) is 43.3 Å². The van der Waals surface area contributed by atoms with Crippen molar-refractivity contribution < 1.29 is 24.0 Å². The van der Waals surface area contributed by atoms with Gasteiger partial charge in [0.15, 0.2) is 0 Å². The van der Waals surface area contributed by atoms with Gasteiger partial charge in [0.1, 0.15) is 13.2 Å². The molecule has 1 N–H and O–H groups in total. The zero-order valence-electron chi connectivity index (χ0n) is 30.1. The molecular formula is C30H34B13N2O7. The third kappa shape index (κ3) is 12.7. The molecule has 13 radical (unpaired) electrons. The van der Waals surface area contributed by atoms with E-state index >= 15 is 0 Å². The summed E-state index contributed by atoms with van der Waals surface area (Å²) < 4.78 is 14.5. The lowest BCUT2D eigenvalue weighted by molar-refractivity contribution is 0.00578. The molecule has 5 rings (SSSR count). The van der Waals surface area contributed by atoms with Crippen molar-refractivity contribution in [2.24, 2.45) is 0 Å². The molecule has 1 aliphatic heterocycles. The Bertz CT molecular complexity index is 1750. The number of hydrogen-bond acceptors (Lipinski definition) is 7. The summed E-state index contributed by atoms with van der Waals surface area (Å²) in [4.78, 5) is 33.8. The molecule has 3 heterocycles. The van der Waals surface area contributed by atoms with Crippen LogP contribution in [-0.4, -0.2) is 119 Å². The second kappa shape index (κ2) is 20.2. The number of pyridine rings is 2. The molecule has 4 aromatic rings. The van der Waals surface area contributed by atoms with Gasteiger partial charge in [-0.15, -0.1) is 0 Å². The highest BCUT2D eigenvalue weighted by atomic mass is 16.7. The Morgan fingerprint density at radius 2 is 1.15 bits per heavy atom. The van der Waals surface area contributed by atoms with Crippen molar-refractivity contribution in [2.45, 2.75) is 52.1 Å². The fourth-order valence-electron chi connectivity index (χ4n) is 4.72. The van der Waals surface area contributed by atoms with E-state index in [2.05, 4.69) is 0 Å². The zero-order chi connectivity index (χ0) is 38.5. The average Bonchev–Trinajstić information content (AvgIpc) is 3.34. The molecule has 22 heteroatoms. The Kier molecular flexibility index (Phi) is 16.7. The fraction of sp³-hybridized carbons (Fsp3) is 0.267. The highest BCUT2D eigenvalue weighted by Gasteiger charge is 2.51. The van der Waals surface area contributed by atoms with Crippen molar-refractivity contribution in [1.82, 2.24) is 9.46 Å². The van der Waals surface area contributed by atoms with Crippen molar-refractivity contribution in [3.63, 3.8) is 0 Å². The van der Waals surface area contributed by atoms with Crippen LogP contribution in [0.2, 0.25) is 0 Å². The average molecular weight is 675 g/mol. The zero-order valence-corrected chi connectivity index (χ0v) is 30.1. The molecule has 0 unspecified atom stereocenters. The van der Waals surface area contributed by atoms with E-state index in [0.29, 0.717) is 13.2 Å². The summed E-state index contributed by atoms with van der Waals surface area (Å²) >= 11 is 0. The van der Waals surface area contributed by atoms with E-state index in [0.717, 1.165) is 22.1 Å². The van der Waals surface area contributed by atoms with E-state index in [1.54, 1.807) is 36.7 Å². The molecule has 9 nitrogen and oxygen atoms in total. The lowest BCUT2D eigenvalue weighted by Gasteiger charge is -2.32. The van der Waals surface area contributed by atoms with Crippen LogP contribution < -0.4 is 31.7 Å². The van der Waals surface area contributed by atoms with Gasteiger partial charge in [0.25, 0.3) is 11.1 Å². The molecule has 0 amide bonds. The predicted molar refractivity (Wildman–Crippen MR) is 223 cm³/mol. The van der Waals surface area contributed by atoms with Gasteiger partial charge in [-0.2, -0.15) is 9.46 Å². The molecule has 0 atom stereocenters. The van der Waals surface area contributed by atoms with Crippen molar-refractivity contribution in [2.75, 3.05) is 0 Å². The van der Waals surface area contributed by atoms with Crippen molar-refractivity contribution in [3.8, 4) is 0 Å². The Hall–Kier alpha value is -3.34. The van der Waals surface area contributed by atoms with E-state index in [1.165, 1.54) is 28.7 Å². The number of aromatic nitrogens is 2. The topological polar surface area (TPSA) is 101 Å². The number of rotatable bonds is 12. The lowest BCUT2D eigenvalue weighted by atomic mass is 8.56. The first-order chi connectivity index (χ1) is 24.6. The molecule has 1 fully saturated rings. The van der Waals surface area contributed by atoms with Crippen LogP contribution in [-0.2, 0) is 22.5 Å². The van der Waals surface area contributed by atoms with Gasteiger partial charge in [-0.1, -0.05) is 66.1 Å². The number of benzene rings is 2.